The maximum Gasteiger partial charge on any atom is 0.233 e. The number of nitrogens with zero attached hydrogens (tertiary/aromatic N) is 3. The van der Waals surface area contributed by atoms with Gasteiger partial charge in [-0.2, -0.15) is 0 Å². The van der Waals surface area contributed by atoms with Gasteiger partial charge in [0.15, 0.2) is 5.96 Å². The van der Waals surface area contributed by atoms with E-state index >= 15 is 0 Å². The highest BCUT2D eigenvalue weighted by atomic mass is 127. The van der Waals surface area contributed by atoms with Gasteiger partial charge in [-0.3, -0.25) is 19.6 Å². The van der Waals surface area contributed by atoms with E-state index in [-0.39, 0.29) is 29.9 Å². The van der Waals surface area contributed by atoms with Crippen molar-refractivity contribution in [1.29, 1.82) is 0 Å². The molecule has 31 heavy (non-hydrogen) atoms. The van der Waals surface area contributed by atoms with Crippen LogP contribution in [-0.4, -0.2) is 80.1 Å². The Morgan fingerprint density at radius 3 is 2.55 bits per heavy atom. The molecule has 8 heteroatoms. The van der Waals surface area contributed by atoms with Gasteiger partial charge in [-0.15, -0.1) is 24.0 Å². The van der Waals surface area contributed by atoms with Crippen LogP contribution in [-0.2, 0) is 11.3 Å². The van der Waals surface area contributed by atoms with Crippen LogP contribution in [0, 0.1) is 0 Å². The van der Waals surface area contributed by atoms with Crippen molar-refractivity contribution >= 4 is 35.8 Å². The Kier molecular flexibility index (Phi) is 11.6. The number of amides is 1. The van der Waals surface area contributed by atoms with E-state index in [2.05, 4.69) is 63.0 Å². The van der Waals surface area contributed by atoms with Crippen LogP contribution >= 0.6 is 24.0 Å². The van der Waals surface area contributed by atoms with E-state index in [4.69, 9.17) is 4.99 Å². The predicted octanol–water partition coefficient (Wildman–Crippen LogP) is 2.03. The lowest BCUT2D eigenvalue weighted by molar-refractivity contribution is -0.122. The van der Waals surface area contributed by atoms with Crippen LogP contribution in [0.1, 0.15) is 38.2 Å². The zero-order chi connectivity index (χ0) is 21.2. The fraction of sp³-hybridized carbons (Fsp3) is 0.652. The van der Waals surface area contributed by atoms with Gasteiger partial charge >= 0.3 is 0 Å². The second-order valence-electron chi connectivity index (χ2n) is 8.34. The van der Waals surface area contributed by atoms with E-state index in [1.807, 2.05) is 0 Å². The molecule has 0 aromatic heterocycles. The Morgan fingerprint density at radius 2 is 1.87 bits per heavy atom. The number of aliphatic imine (C=N–C) groups is 1. The molecule has 0 bridgehead atoms. The fourth-order valence-electron chi connectivity index (χ4n) is 4.36. The molecule has 174 valence electrons. The minimum atomic E-state index is 0. The molecule has 0 radical (unpaired) electrons. The van der Waals surface area contributed by atoms with Crippen LogP contribution in [0.2, 0.25) is 0 Å². The van der Waals surface area contributed by atoms with Gasteiger partial charge in [0.25, 0.3) is 0 Å². The van der Waals surface area contributed by atoms with Crippen molar-refractivity contribution in [3.05, 3.63) is 35.9 Å². The highest BCUT2D eigenvalue weighted by molar-refractivity contribution is 14.0. The lowest BCUT2D eigenvalue weighted by atomic mass is 10.1. The highest BCUT2D eigenvalue weighted by Crippen LogP contribution is 2.20. The summed E-state index contributed by atoms with van der Waals surface area (Å²) in [5.41, 5.74) is 1.38. The second kappa shape index (κ2) is 13.9. The molecule has 0 aliphatic carbocycles. The standard InChI is InChI=1S/C23H38N6O.HI/c1-3-25-23(27-20-11-14-28(15-12-20)18-22(30)24-2)26-16-21-10-7-13-29(21)17-19-8-5-4-6-9-19;/h4-6,8-9,20-21H,3,7,10-18H2,1-2H3,(H,24,30)(H2,25,26,27);1H. The average molecular weight is 543 g/mol. The van der Waals surface area contributed by atoms with Crippen LogP contribution in [0.4, 0.5) is 0 Å². The lowest BCUT2D eigenvalue weighted by Crippen LogP contribution is -2.50. The summed E-state index contributed by atoms with van der Waals surface area (Å²) in [7, 11) is 1.70. The summed E-state index contributed by atoms with van der Waals surface area (Å²) in [4.78, 5) is 21.3. The quantitative estimate of drug-likeness (QED) is 0.267. The summed E-state index contributed by atoms with van der Waals surface area (Å²) >= 11 is 0. The third-order valence-electron chi connectivity index (χ3n) is 6.11. The van der Waals surface area contributed by atoms with E-state index < -0.39 is 0 Å². The van der Waals surface area contributed by atoms with Crippen molar-refractivity contribution < 1.29 is 4.79 Å². The van der Waals surface area contributed by atoms with E-state index in [1.54, 1.807) is 7.05 Å². The number of likely N-dealkylation sites (N-methyl/N-ethyl adjacent to an activating group) is 1. The van der Waals surface area contributed by atoms with Crippen LogP contribution in [0.5, 0.6) is 0 Å². The number of benzene rings is 1. The van der Waals surface area contributed by atoms with Crippen molar-refractivity contribution in [2.75, 3.05) is 46.3 Å². The molecule has 7 nitrogen and oxygen atoms in total. The third kappa shape index (κ3) is 8.57. The van der Waals surface area contributed by atoms with Gasteiger partial charge < -0.3 is 16.0 Å². The first kappa shape index (κ1) is 25.9. The van der Waals surface area contributed by atoms with Gasteiger partial charge in [0.2, 0.25) is 5.91 Å². The van der Waals surface area contributed by atoms with Crippen molar-refractivity contribution in [3.8, 4) is 0 Å². The lowest BCUT2D eigenvalue weighted by Gasteiger charge is -2.32. The van der Waals surface area contributed by atoms with Crippen LogP contribution in [0.25, 0.3) is 0 Å². The van der Waals surface area contributed by atoms with Gasteiger partial charge in [0.1, 0.15) is 0 Å². The highest BCUT2D eigenvalue weighted by Gasteiger charge is 2.25. The number of carbonyl (C=O) groups is 1. The number of nitrogens with one attached hydrogen (secondary N) is 3. The van der Waals surface area contributed by atoms with Gasteiger partial charge in [0, 0.05) is 45.3 Å². The number of rotatable bonds is 8. The minimum absolute atomic E-state index is 0. The van der Waals surface area contributed by atoms with E-state index in [0.717, 1.165) is 58.1 Å². The largest absolute Gasteiger partial charge is 0.358 e. The minimum Gasteiger partial charge on any atom is -0.358 e. The molecule has 2 heterocycles. The Balaban J connectivity index is 0.00000341. The van der Waals surface area contributed by atoms with E-state index in [1.165, 1.54) is 18.4 Å². The number of hydrogen-bond acceptors (Lipinski definition) is 4. The predicted molar refractivity (Wildman–Crippen MR) is 138 cm³/mol. The monoisotopic (exact) mass is 542 g/mol. The van der Waals surface area contributed by atoms with Crippen LogP contribution in [0.15, 0.2) is 35.3 Å². The topological polar surface area (TPSA) is 72.0 Å². The summed E-state index contributed by atoms with van der Waals surface area (Å²) in [6, 6.07) is 11.6. The van der Waals surface area contributed by atoms with E-state index in [9.17, 15) is 4.79 Å². The second-order valence-corrected chi connectivity index (χ2v) is 8.34. The Hall–Kier alpha value is -1.39. The third-order valence-corrected chi connectivity index (χ3v) is 6.11. The first-order valence-electron chi connectivity index (χ1n) is 11.4. The average Bonchev–Trinajstić information content (AvgIpc) is 3.21. The van der Waals surface area contributed by atoms with Crippen LogP contribution in [0.3, 0.4) is 0 Å². The number of halogens is 1. The number of hydrogen-bond donors (Lipinski definition) is 3. The first-order chi connectivity index (χ1) is 14.7. The Morgan fingerprint density at radius 1 is 1.13 bits per heavy atom. The fourth-order valence-corrected chi connectivity index (χ4v) is 4.36. The Bertz CT molecular complexity index is 678. The Labute approximate surface area is 204 Å². The zero-order valence-corrected chi connectivity index (χ0v) is 21.3. The van der Waals surface area contributed by atoms with Gasteiger partial charge in [0.05, 0.1) is 13.1 Å². The van der Waals surface area contributed by atoms with Gasteiger partial charge in [-0.1, -0.05) is 30.3 Å². The van der Waals surface area contributed by atoms with Gasteiger partial charge in [-0.25, -0.2) is 0 Å². The number of likely N-dealkylation sites (tertiary alicyclic amines) is 2. The molecule has 2 aliphatic heterocycles. The molecule has 2 fully saturated rings. The van der Waals surface area contributed by atoms with Crippen LogP contribution < -0.4 is 16.0 Å². The summed E-state index contributed by atoms with van der Waals surface area (Å²) < 4.78 is 0. The first-order valence-corrected chi connectivity index (χ1v) is 11.4. The molecule has 3 rings (SSSR count). The molecule has 1 aromatic rings. The van der Waals surface area contributed by atoms with Crippen molar-refractivity contribution in [2.45, 2.75) is 51.2 Å². The number of carbonyl (C=O) groups excluding carboxylic acids is 1. The number of guanidine groups is 1. The summed E-state index contributed by atoms with van der Waals surface area (Å²) in [6.07, 6.45) is 4.53. The molecule has 2 saturated heterocycles. The summed E-state index contributed by atoms with van der Waals surface area (Å²) in [5, 5.41) is 9.75. The van der Waals surface area contributed by atoms with Crippen molar-refractivity contribution in [2.24, 2.45) is 4.99 Å². The van der Waals surface area contributed by atoms with E-state index in [0.29, 0.717) is 18.6 Å². The zero-order valence-electron chi connectivity index (χ0n) is 19.0. The maximum atomic E-state index is 11.6. The smallest absolute Gasteiger partial charge is 0.233 e. The molecule has 2 aliphatic rings. The molecular weight excluding hydrogens is 503 g/mol. The maximum absolute atomic E-state index is 11.6. The molecule has 3 N–H and O–H groups in total. The number of piperidine rings is 1. The SMILES string of the molecule is CCNC(=NCC1CCCN1Cc1ccccc1)NC1CCN(CC(=O)NC)CC1.I. The normalized spacial score (nSPS) is 20.8. The molecule has 0 saturated carbocycles. The van der Waals surface area contributed by atoms with Crippen molar-refractivity contribution in [1.82, 2.24) is 25.8 Å². The molecular formula is C23H39IN6O. The molecule has 1 aromatic carbocycles. The molecule has 1 atom stereocenters. The molecule has 1 unspecified atom stereocenters. The van der Waals surface area contributed by atoms with Gasteiger partial charge in [-0.05, 0) is 44.7 Å². The molecule has 1 amide bonds. The summed E-state index contributed by atoms with van der Waals surface area (Å²) in [5.74, 6) is 1.02. The molecule has 0 spiro atoms. The summed E-state index contributed by atoms with van der Waals surface area (Å²) in [6.45, 7) is 8.35. The van der Waals surface area contributed by atoms with Crippen molar-refractivity contribution in [3.63, 3.8) is 0 Å².